The summed E-state index contributed by atoms with van der Waals surface area (Å²) in [6.45, 7) is 6.19. The van der Waals surface area contributed by atoms with Gasteiger partial charge in [0.1, 0.15) is 6.04 Å². The van der Waals surface area contributed by atoms with Gasteiger partial charge in [-0.3, -0.25) is 24.2 Å². The maximum atomic E-state index is 12.3. The Hall–Kier alpha value is -1.79. The van der Waals surface area contributed by atoms with Crippen molar-refractivity contribution >= 4 is 17.8 Å². The van der Waals surface area contributed by atoms with Gasteiger partial charge in [-0.2, -0.15) is 0 Å². The number of nitrogens with zero attached hydrogens (tertiary/aromatic N) is 4. The van der Waals surface area contributed by atoms with Crippen LogP contribution in [0.2, 0.25) is 0 Å². The van der Waals surface area contributed by atoms with E-state index in [-0.39, 0.29) is 32.0 Å². The number of hydrogen-bond donors (Lipinski definition) is 4. The largest absolute Gasteiger partial charge is 0.480 e. The summed E-state index contributed by atoms with van der Waals surface area (Å²) in [4.78, 5) is 42.4. The van der Waals surface area contributed by atoms with E-state index in [0.29, 0.717) is 26.2 Å². The fraction of sp³-hybridized carbons (Fsp3) is 0.833. The molecule has 0 aromatic rings. The zero-order chi connectivity index (χ0) is 21.8. The number of carboxylic acids is 2. The number of likely N-dealkylation sites (N-methyl/N-ethyl adjacent to an activating group) is 2. The monoisotopic (exact) mass is 416 g/mol. The first-order valence-electron chi connectivity index (χ1n) is 9.96. The Morgan fingerprint density at radius 3 is 1.79 bits per heavy atom. The summed E-state index contributed by atoms with van der Waals surface area (Å²) < 4.78 is 0. The molecule has 0 bridgehead atoms. The van der Waals surface area contributed by atoms with E-state index in [1.165, 1.54) is 0 Å². The van der Waals surface area contributed by atoms with Crippen LogP contribution in [-0.4, -0.2) is 140 Å². The predicted octanol–water partition coefficient (Wildman–Crippen LogP) is -2.53. The van der Waals surface area contributed by atoms with E-state index in [2.05, 4.69) is 15.1 Å². The van der Waals surface area contributed by atoms with E-state index in [1.54, 1.807) is 0 Å². The molecule has 29 heavy (non-hydrogen) atoms. The number of nitrogens with one attached hydrogen (secondary N) is 1. The number of hydrogen-bond acceptors (Lipinski definition) is 8. The van der Waals surface area contributed by atoms with Crippen LogP contribution in [0.1, 0.15) is 6.42 Å². The van der Waals surface area contributed by atoms with Gasteiger partial charge < -0.3 is 31.1 Å². The average Bonchev–Trinajstić information content (AvgIpc) is 2.64. The predicted molar refractivity (Wildman–Crippen MR) is 109 cm³/mol. The summed E-state index contributed by atoms with van der Waals surface area (Å²) in [7, 11) is 4.08. The van der Waals surface area contributed by atoms with Gasteiger partial charge in [0.05, 0.1) is 13.1 Å². The minimum Gasteiger partial charge on any atom is -0.480 e. The number of carbonyl (C=O) groups is 3. The molecule has 11 nitrogen and oxygen atoms in total. The fourth-order valence-electron chi connectivity index (χ4n) is 2.95. The first kappa shape index (κ1) is 25.2. The van der Waals surface area contributed by atoms with Crippen molar-refractivity contribution in [2.45, 2.75) is 12.5 Å². The van der Waals surface area contributed by atoms with Crippen molar-refractivity contribution < 1.29 is 24.6 Å². The topological polar surface area (TPSA) is 143 Å². The summed E-state index contributed by atoms with van der Waals surface area (Å²) in [5, 5.41) is 20.7. The first-order chi connectivity index (χ1) is 13.7. The van der Waals surface area contributed by atoms with E-state index in [0.717, 1.165) is 26.2 Å². The lowest BCUT2D eigenvalue weighted by Gasteiger charge is -2.31. The molecule has 1 aliphatic rings. The van der Waals surface area contributed by atoms with E-state index in [4.69, 9.17) is 15.9 Å². The van der Waals surface area contributed by atoms with Gasteiger partial charge in [0.25, 0.3) is 0 Å². The lowest BCUT2D eigenvalue weighted by molar-refractivity contribution is -0.139. The van der Waals surface area contributed by atoms with Crippen molar-refractivity contribution in [3.05, 3.63) is 0 Å². The Labute approximate surface area is 172 Å². The number of nitrogens with two attached hydrogens (primary N) is 1. The summed E-state index contributed by atoms with van der Waals surface area (Å²) in [5.41, 5.74) is 5.44. The van der Waals surface area contributed by atoms with Crippen LogP contribution >= 0.6 is 0 Å². The first-order valence-corrected chi connectivity index (χ1v) is 9.96. The molecule has 1 fully saturated rings. The van der Waals surface area contributed by atoms with E-state index in [1.807, 2.05) is 23.9 Å². The number of aliphatic carboxylic acids is 2. The second-order valence-electron chi connectivity index (χ2n) is 7.64. The van der Waals surface area contributed by atoms with Crippen LogP contribution in [0.5, 0.6) is 0 Å². The number of carbonyl (C=O) groups excluding carboxylic acids is 1. The highest BCUT2D eigenvalue weighted by Gasteiger charge is 2.18. The summed E-state index contributed by atoms with van der Waals surface area (Å²) in [5.74, 6) is -2.14. The fourth-order valence-corrected chi connectivity index (χ4v) is 2.95. The summed E-state index contributed by atoms with van der Waals surface area (Å²) in [6.07, 6.45) is 0.170. The molecule has 1 atom stereocenters. The molecular formula is C18H36N6O5. The molecule has 11 heteroatoms. The third-order valence-corrected chi connectivity index (χ3v) is 5.01. The lowest BCUT2D eigenvalue weighted by atomic mass is 10.2. The van der Waals surface area contributed by atoms with Gasteiger partial charge in [0, 0.05) is 58.9 Å². The average molecular weight is 417 g/mol. The molecule has 0 radical (unpaired) electrons. The molecule has 168 valence electrons. The Morgan fingerprint density at radius 2 is 1.31 bits per heavy atom. The highest BCUT2D eigenvalue weighted by Crippen LogP contribution is 1.99. The van der Waals surface area contributed by atoms with E-state index >= 15 is 0 Å². The Morgan fingerprint density at radius 1 is 0.862 bits per heavy atom. The van der Waals surface area contributed by atoms with Gasteiger partial charge in [0.15, 0.2) is 0 Å². The van der Waals surface area contributed by atoms with Gasteiger partial charge in [-0.15, -0.1) is 0 Å². The second-order valence-corrected chi connectivity index (χ2v) is 7.64. The van der Waals surface area contributed by atoms with Crippen LogP contribution in [0.25, 0.3) is 0 Å². The molecule has 0 aromatic carbocycles. The van der Waals surface area contributed by atoms with E-state index in [9.17, 15) is 14.4 Å². The summed E-state index contributed by atoms with van der Waals surface area (Å²) >= 11 is 0. The van der Waals surface area contributed by atoms with Crippen LogP contribution in [0, 0.1) is 0 Å². The summed E-state index contributed by atoms with van der Waals surface area (Å²) in [6, 6.07) is -0.992. The van der Waals surface area contributed by atoms with Crippen molar-refractivity contribution in [2.75, 3.05) is 86.1 Å². The number of amides is 1. The van der Waals surface area contributed by atoms with Gasteiger partial charge >= 0.3 is 11.9 Å². The van der Waals surface area contributed by atoms with Gasteiger partial charge in [0.2, 0.25) is 5.91 Å². The highest BCUT2D eigenvalue weighted by molar-refractivity contribution is 5.78. The Balaban J connectivity index is 2.60. The molecule has 1 amide bonds. The van der Waals surface area contributed by atoms with Crippen molar-refractivity contribution in [3.8, 4) is 0 Å². The molecule has 0 saturated carbocycles. The second kappa shape index (κ2) is 13.4. The lowest BCUT2D eigenvalue weighted by Crippen LogP contribution is -2.48. The van der Waals surface area contributed by atoms with E-state index < -0.39 is 18.0 Å². The maximum absolute atomic E-state index is 12.3. The van der Waals surface area contributed by atoms with Crippen LogP contribution < -0.4 is 11.1 Å². The highest BCUT2D eigenvalue weighted by atomic mass is 16.4. The van der Waals surface area contributed by atoms with Gasteiger partial charge in [-0.05, 0) is 20.5 Å². The minimum atomic E-state index is -1.09. The molecule has 5 N–H and O–H groups in total. The zero-order valence-corrected chi connectivity index (χ0v) is 17.5. The zero-order valence-electron chi connectivity index (χ0n) is 17.5. The van der Waals surface area contributed by atoms with Crippen LogP contribution in [0.15, 0.2) is 0 Å². The van der Waals surface area contributed by atoms with Crippen molar-refractivity contribution in [3.63, 3.8) is 0 Å². The molecule has 0 aromatic heterocycles. The molecule has 0 unspecified atom stereocenters. The van der Waals surface area contributed by atoms with Gasteiger partial charge in [-0.25, -0.2) is 0 Å². The minimum absolute atomic E-state index is 0.0269. The smallest absolute Gasteiger partial charge is 0.320 e. The van der Waals surface area contributed by atoms with Gasteiger partial charge in [-0.1, -0.05) is 0 Å². The third-order valence-electron chi connectivity index (χ3n) is 5.01. The molecule has 1 saturated heterocycles. The Kier molecular flexibility index (Phi) is 11.7. The SMILES string of the molecule is CN1CCN(C)CCN(CC(=O)NCC[C@H](N)C(=O)O)CCN(CC(=O)O)CC1. The quantitative estimate of drug-likeness (QED) is 0.334. The number of rotatable bonds is 8. The van der Waals surface area contributed by atoms with Crippen LogP contribution in [-0.2, 0) is 14.4 Å². The molecule has 1 heterocycles. The van der Waals surface area contributed by atoms with Crippen molar-refractivity contribution in [1.29, 1.82) is 0 Å². The Bertz CT molecular complexity index is 535. The maximum Gasteiger partial charge on any atom is 0.320 e. The standard InChI is InChI=1S/C18H36N6O5/c1-21-5-6-22(2)8-10-24(14-17(26)27)12-11-23(9-7-21)13-16(25)20-4-3-15(19)18(28)29/h15H,3-14,19H2,1-2H3,(H,20,25)(H,26,27)(H,28,29)/t15-/m0/s1. The van der Waals surface area contributed by atoms with Crippen molar-refractivity contribution in [1.82, 2.24) is 24.9 Å². The van der Waals surface area contributed by atoms with Crippen molar-refractivity contribution in [2.24, 2.45) is 5.73 Å². The third kappa shape index (κ3) is 11.7. The molecule has 0 spiro atoms. The molecule has 1 aliphatic heterocycles. The molecule has 0 aliphatic carbocycles. The number of carboxylic acid groups (broad SMARTS) is 2. The normalized spacial score (nSPS) is 20.4. The molecule has 1 rings (SSSR count). The molecular weight excluding hydrogens is 380 g/mol. The van der Waals surface area contributed by atoms with Crippen LogP contribution in [0.4, 0.5) is 0 Å². The van der Waals surface area contributed by atoms with Crippen LogP contribution in [0.3, 0.4) is 0 Å².